The molecule has 2 rings (SSSR count). The second-order valence-electron chi connectivity index (χ2n) is 4.80. The van der Waals surface area contributed by atoms with Gasteiger partial charge in [0.1, 0.15) is 16.6 Å². The maximum absolute atomic E-state index is 12.3. The zero-order valence-corrected chi connectivity index (χ0v) is 15.7. The number of hydrogen-bond acceptors (Lipinski definition) is 5. The van der Waals surface area contributed by atoms with Crippen molar-refractivity contribution in [3.63, 3.8) is 0 Å². The maximum Gasteiger partial charge on any atom is 0.341 e. The zero-order valence-electron chi connectivity index (χ0n) is 13.3. The molecule has 0 aliphatic rings. The molecule has 0 aliphatic heterocycles. The molecule has 1 aromatic carbocycles. The molecule has 0 fully saturated rings. The van der Waals surface area contributed by atoms with E-state index in [-0.39, 0.29) is 23.7 Å². The first-order valence-electron chi connectivity index (χ1n) is 7.01. The van der Waals surface area contributed by atoms with Crippen LogP contribution in [-0.4, -0.2) is 34.3 Å². The largest absolute Gasteiger partial charge is 0.503 e. The Hall–Kier alpha value is -1.99. The van der Waals surface area contributed by atoms with Crippen molar-refractivity contribution in [3.8, 4) is 11.5 Å². The van der Waals surface area contributed by atoms with Crippen molar-refractivity contribution in [1.82, 2.24) is 9.55 Å². The number of phenolic OH excluding ortho intramolecular Hbond substituents is 1. The number of benzene rings is 1. The number of ether oxygens (including phenoxy) is 2. The summed E-state index contributed by atoms with van der Waals surface area (Å²) in [6, 6.07) is 3.26. The van der Waals surface area contributed by atoms with E-state index in [0.717, 1.165) is 0 Å². The lowest BCUT2D eigenvalue weighted by Crippen LogP contribution is -2.10. The lowest BCUT2D eigenvalue weighted by molar-refractivity contribution is -0.136. The Morgan fingerprint density at radius 1 is 1.50 bits per heavy atom. The van der Waals surface area contributed by atoms with Crippen molar-refractivity contribution in [2.24, 2.45) is 7.05 Å². The summed E-state index contributed by atoms with van der Waals surface area (Å²) >= 11 is 9.27. The van der Waals surface area contributed by atoms with Gasteiger partial charge in [-0.3, -0.25) is 0 Å². The van der Waals surface area contributed by atoms with Gasteiger partial charge in [-0.25, -0.2) is 9.78 Å². The molecule has 0 radical (unpaired) electrons. The molecule has 6 nitrogen and oxygen atoms in total. The van der Waals surface area contributed by atoms with Gasteiger partial charge in [0.2, 0.25) is 0 Å². The van der Waals surface area contributed by atoms with Crippen LogP contribution in [0, 0.1) is 0 Å². The van der Waals surface area contributed by atoms with Gasteiger partial charge in [0.15, 0.2) is 11.5 Å². The van der Waals surface area contributed by atoms with E-state index in [1.165, 1.54) is 13.3 Å². The molecule has 0 saturated heterocycles. The van der Waals surface area contributed by atoms with Gasteiger partial charge in [-0.1, -0.05) is 11.6 Å². The number of carbonyl (C=O) groups excluding carboxylic acids is 1. The standard InChI is InChI=1S/C16H16BrClN2O4/c1-4-24-16(22)10(15-19-8-13(18)20(15)2)5-9-6-11(17)14(21)12(7-9)23-3/h5-8,21H,4H2,1-3H3. The Bertz CT molecular complexity index is 802. The van der Waals surface area contributed by atoms with Crippen LogP contribution in [0.3, 0.4) is 0 Å². The van der Waals surface area contributed by atoms with E-state index >= 15 is 0 Å². The van der Waals surface area contributed by atoms with E-state index in [0.29, 0.717) is 21.0 Å². The van der Waals surface area contributed by atoms with Crippen LogP contribution in [0.25, 0.3) is 11.6 Å². The fourth-order valence-corrected chi connectivity index (χ4v) is 2.65. The Kier molecular flexibility index (Phi) is 5.90. The third-order valence-electron chi connectivity index (χ3n) is 3.25. The average Bonchev–Trinajstić information content (AvgIpc) is 2.88. The quantitative estimate of drug-likeness (QED) is 0.596. The molecule has 0 aliphatic carbocycles. The molecule has 24 heavy (non-hydrogen) atoms. The number of phenols is 1. The smallest absolute Gasteiger partial charge is 0.341 e. The highest BCUT2D eigenvalue weighted by Crippen LogP contribution is 2.36. The molecule has 0 amide bonds. The van der Waals surface area contributed by atoms with Crippen molar-refractivity contribution < 1.29 is 19.4 Å². The summed E-state index contributed by atoms with van der Waals surface area (Å²) in [5, 5.41) is 10.3. The topological polar surface area (TPSA) is 73.6 Å². The lowest BCUT2D eigenvalue weighted by Gasteiger charge is -2.10. The van der Waals surface area contributed by atoms with Gasteiger partial charge in [-0.15, -0.1) is 0 Å². The highest BCUT2D eigenvalue weighted by Gasteiger charge is 2.20. The number of hydrogen-bond donors (Lipinski definition) is 1. The first-order valence-corrected chi connectivity index (χ1v) is 8.19. The Balaban J connectivity index is 2.59. The van der Waals surface area contributed by atoms with Crippen LogP contribution in [0.1, 0.15) is 18.3 Å². The summed E-state index contributed by atoms with van der Waals surface area (Å²) in [5.74, 6) is 0.108. The number of carbonyl (C=O) groups is 1. The van der Waals surface area contributed by atoms with Crippen LogP contribution in [-0.2, 0) is 16.6 Å². The van der Waals surface area contributed by atoms with E-state index in [4.69, 9.17) is 21.1 Å². The molecule has 8 heteroatoms. The average molecular weight is 416 g/mol. The molecular formula is C16H16BrClN2O4. The van der Waals surface area contributed by atoms with Crippen molar-refractivity contribution in [3.05, 3.63) is 39.3 Å². The maximum atomic E-state index is 12.3. The van der Waals surface area contributed by atoms with Crippen molar-refractivity contribution in [1.29, 1.82) is 0 Å². The summed E-state index contributed by atoms with van der Waals surface area (Å²) in [7, 11) is 3.14. The third kappa shape index (κ3) is 3.73. The monoisotopic (exact) mass is 414 g/mol. The Labute approximate surface area is 152 Å². The summed E-state index contributed by atoms with van der Waals surface area (Å²) in [5.41, 5.74) is 0.865. The highest BCUT2D eigenvalue weighted by atomic mass is 79.9. The minimum atomic E-state index is -0.522. The summed E-state index contributed by atoms with van der Waals surface area (Å²) in [4.78, 5) is 16.5. The molecule has 0 bridgehead atoms. The molecule has 128 valence electrons. The van der Waals surface area contributed by atoms with Gasteiger partial charge >= 0.3 is 5.97 Å². The fraction of sp³-hybridized carbons (Fsp3) is 0.250. The van der Waals surface area contributed by atoms with Crippen LogP contribution in [0.2, 0.25) is 5.15 Å². The molecule has 1 N–H and O–H groups in total. The molecule has 0 atom stereocenters. The highest BCUT2D eigenvalue weighted by molar-refractivity contribution is 9.10. The summed E-state index contributed by atoms with van der Waals surface area (Å²) in [6.45, 7) is 1.96. The van der Waals surface area contributed by atoms with Crippen molar-refractivity contribution in [2.45, 2.75) is 6.92 Å². The molecule has 1 aromatic heterocycles. The Morgan fingerprint density at radius 2 is 2.21 bits per heavy atom. The number of aromatic nitrogens is 2. The van der Waals surface area contributed by atoms with E-state index < -0.39 is 5.97 Å². The van der Waals surface area contributed by atoms with Gasteiger partial charge < -0.3 is 19.1 Å². The van der Waals surface area contributed by atoms with Crippen LogP contribution < -0.4 is 4.74 Å². The minimum absolute atomic E-state index is 0.0210. The SMILES string of the molecule is CCOC(=O)C(=Cc1cc(Br)c(O)c(OC)c1)c1ncc(Cl)n1C. The molecular weight excluding hydrogens is 400 g/mol. The van der Waals surface area contributed by atoms with E-state index in [1.54, 1.807) is 36.7 Å². The molecule has 1 heterocycles. The number of nitrogens with zero attached hydrogens (tertiary/aromatic N) is 2. The van der Waals surface area contributed by atoms with Crippen molar-refractivity contribution >= 4 is 45.1 Å². The first kappa shape index (κ1) is 18.4. The number of halogens is 2. The normalized spacial score (nSPS) is 11.5. The number of methoxy groups -OCH3 is 1. The molecule has 0 unspecified atom stereocenters. The van der Waals surface area contributed by atoms with Gasteiger partial charge in [0.05, 0.1) is 24.4 Å². The minimum Gasteiger partial charge on any atom is -0.503 e. The predicted octanol–water partition coefficient (Wildman–Crippen LogP) is 3.65. The van der Waals surface area contributed by atoms with Crippen LogP contribution in [0.15, 0.2) is 22.8 Å². The van der Waals surface area contributed by atoms with Gasteiger partial charge in [0.25, 0.3) is 0 Å². The number of esters is 1. The van der Waals surface area contributed by atoms with E-state index in [9.17, 15) is 9.90 Å². The second-order valence-corrected chi connectivity index (χ2v) is 6.04. The van der Waals surface area contributed by atoms with Crippen LogP contribution in [0.5, 0.6) is 11.5 Å². The molecule has 2 aromatic rings. The lowest BCUT2D eigenvalue weighted by atomic mass is 10.1. The van der Waals surface area contributed by atoms with Gasteiger partial charge in [-0.05, 0) is 46.6 Å². The fourth-order valence-electron chi connectivity index (χ4n) is 2.06. The van der Waals surface area contributed by atoms with Crippen LogP contribution in [0.4, 0.5) is 0 Å². The second kappa shape index (κ2) is 7.72. The van der Waals surface area contributed by atoms with E-state index in [2.05, 4.69) is 20.9 Å². The Morgan fingerprint density at radius 3 is 2.75 bits per heavy atom. The number of rotatable bonds is 5. The molecule has 0 saturated carbocycles. The van der Waals surface area contributed by atoms with Crippen molar-refractivity contribution in [2.75, 3.05) is 13.7 Å². The summed E-state index contributed by atoms with van der Waals surface area (Å²) in [6.07, 6.45) is 3.06. The van der Waals surface area contributed by atoms with E-state index in [1.807, 2.05) is 0 Å². The van der Waals surface area contributed by atoms with Crippen LogP contribution >= 0.6 is 27.5 Å². The summed E-state index contributed by atoms with van der Waals surface area (Å²) < 4.78 is 12.3. The predicted molar refractivity (Wildman–Crippen MR) is 95.1 cm³/mol. The number of imidazole rings is 1. The first-order chi connectivity index (χ1) is 11.4. The zero-order chi connectivity index (χ0) is 17.9. The third-order valence-corrected chi connectivity index (χ3v) is 4.21. The van der Waals surface area contributed by atoms with Gasteiger partial charge in [-0.2, -0.15) is 0 Å². The van der Waals surface area contributed by atoms with Gasteiger partial charge in [0, 0.05) is 7.05 Å². The number of aromatic hydroxyl groups is 1. The molecule has 0 spiro atoms.